The number of amides is 1. The van der Waals surface area contributed by atoms with Crippen molar-refractivity contribution in [2.45, 2.75) is 24.4 Å². The predicted octanol–water partition coefficient (Wildman–Crippen LogP) is 1.06. The normalized spacial score (nSPS) is 31.1. The van der Waals surface area contributed by atoms with Gasteiger partial charge >= 0.3 is 5.97 Å². The minimum Gasteiger partial charge on any atom is -0.469 e. The molecule has 1 aromatic carbocycles. The maximum absolute atomic E-state index is 12.4. The zero-order valence-corrected chi connectivity index (χ0v) is 11.5. The van der Waals surface area contributed by atoms with Crippen LogP contribution in [0.1, 0.15) is 24.3 Å². The van der Waals surface area contributed by atoms with Crippen LogP contribution in [0.4, 0.5) is 5.69 Å². The summed E-state index contributed by atoms with van der Waals surface area (Å²) in [6.45, 7) is 0. The molecule has 1 saturated carbocycles. The van der Waals surface area contributed by atoms with Gasteiger partial charge in [-0.3, -0.25) is 9.59 Å². The minimum atomic E-state index is -1.28. The number of fused-ring (bicyclic) bond motifs is 3. The maximum atomic E-state index is 12.4. The molecule has 0 bridgehead atoms. The van der Waals surface area contributed by atoms with Crippen LogP contribution in [0.3, 0.4) is 0 Å². The number of esters is 1. The fourth-order valence-corrected chi connectivity index (χ4v) is 3.47. The second-order valence-corrected chi connectivity index (χ2v) is 5.60. The second kappa shape index (κ2) is 4.31. The van der Waals surface area contributed by atoms with E-state index in [0.29, 0.717) is 6.42 Å². The second-order valence-electron chi connectivity index (χ2n) is 5.60. The van der Waals surface area contributed by atoms with E-state index in [1.54, 1.807) is 11.9 Å². The summed E-state index contributed by atoms with van der Waals surface area (Å²) in [6, 6.07) is 7.70. The Hall–Kier alpha value is -1.88. The summed E-state index contributed by atoms with van der Waals surface area (Å²) in [7, 11) is 2.99. The van der Waals surface area contributed by atoms with Crippen molar-refractivity contribution in [2.24, 2.45) is 5.92 Å². The first-order chi connectivity index (χ1) is 9.48. The first-order valence-corrected chi connectivity index (χ1v) is 6.63. The Balaban J connectivity index is 1.95. The molecule has 0 saturated heterocycles. The Morgan fingerprint density at radius 3 is 2.90 bits per heavy atom. The number of hydrogen-bond acceptors (Lipinski definition) is 4. The molecular formula is C15H17NO4. The van der Waals surface area contributed by atoms with E-state index >= 15 is 0 Å². The zero-order valence-electron chi connectivity index (χ0n) is 11.5. The number of anilines is 1. The number of carbonyl (C=O) groups excluding carboxylic acids is 2. The summed E-state index contributed by atoms with van der Waals surface area (Å²) in [5.41, 5.74) is 0.671. The molecule has 0 aromatic heterocycles. The van der Waals surface area contributed by atoms with Gasteiger partial charge in [-0.1, -0.05) is 18.2 Å². The molecule has 1 aliphatic carbocycles. The third-order valence-electron chi connectivity index (χ3n) is 4.53. The maximum Gasteiger partial charge on any atom is 0.308 e. The Bertz CT molecular complexity index is 585. The molecule has 3 atom stereocenters. The molecular weight excluding hydrogens is 258 g/mol. The van der Waals surface area contributed by atoms with Crippen LogP contribution in [-0.4, -0.2) is 36.7 Å². The summed E-state index contributed by atoms with van der Waals surface area (Å²) in [5.74, 6) is -1.18. The SMILES string of the molecule is COC(=O)C[C@]1(O)C[C@H]2c3ccccc3N(C)C(=O)[C@H]21. The minimum absolute atomic E-state index is 0.00967. The average Bonchev–Trinajstić information content (AvgIpc) is 2.43. The number of hydrogen-bond donors (Lipinski definition) is 1. The molecule has 0 spiro atoms. The Morgan fingerprint density at radius 2 is 2.20 bits per heavy atom. The molecule has 1 N–H and O–H groups in total. The van der Waals surface area contributed by atoms with Crippen molar-refractivity contribution in [3.05, 3.63) is 29.8 Å². The lowest BCUT2D eigenvalue weighted by atomic mass is 9.55. The number of rotatable bonds is 2. The van der Waals surface area contributed by atoms with Crippen molar-refractivity contribution in [1.29, 1.82) is 0 Å². The first-order valence-electron chi connectivity index (χ1n) is 6.63. The van der Waals surface area contributed by atoms with Crippen molar-refractivity contribution < 1.29 is 19.4 Å². The molecule has 106 valence electrons. The number of ether oxygens (including phenoxy) is 1. The Kier molecular flexibility index (Phi) is 2.83. The van der Waals surface area contributed by atoms with Crippen LogP contribution in [-0.2, 0) is 14.3 Å². The molecule has 0 unspecified atom stereocenters. The van der Waals surface area contributed by atoms with Crippen LogP contribution in [0.2, 0.25) is 0 Å². The third kappa shape index (κ3) is 1.66. The van der Waals surface area contributed by atoms with Crippen LogP contribution in [0.25, 0.3) is 0 Å². The van der Waals surface area contributed by atoms with Crippen LogP contribution < -0.4 is 4.90 Å². The summed E-state index contributed by atoms with van der Waals surface area (Å²) in [5, 5.41) is 10.6. The fraction of sp³-hybridized carbons (Fsp3) is 0.467. The van der Waals surface area contributed by atoms with Crippen LogP contribution >= 0.6 is 0 Å². The van der Waals surface area contributed by atoms with Gasteiger partial charge in [0, 0.05) is 18.7 Å². The van der Waals surface area contributed by atoms with Gasteiger partial charge < -0.3 is 14.7 Å². The lowest BCUT2D eigenvalue weighted by Crippen LogP contribution is -2.62. The molecule has 5 heteroatoms. The monoisotopic (exact) mass is 275 g/mol. The van der Waals surface area contributed by atoms with E-state index in [1.165, 1.54) is 7.11 Å². The Labute approximate surface area is 117 Å². The fourth-order valence-electron chi connectivity index (χ4n) is 3.47. The van der Waals surface area contributed by atoms with E-state index < -0.39 is 17.5 Å². The van der Waals surface area contributed by atoms with E-state index in [4.69, 9.17) is 0 Å². The smallest absolute Gasteiger partial charge is 0.308 e. The molecule has 3 rings (SSSR count). The molecule has 1 aromatic rings. The van der Waals surface area contributed by atoms with Gasteiger partial charge in [-0.25, -0.2) is 0 Å². The summed E-state index contributed by atoms with van der Waals surface area (Å²) in [6.07, 6.45) is 0.287. The molecule has 20 heavy (non-hydrogen) atoms. The number of aliphatic hydroxyl groups is 1. The van der Waals surface area contributed by atoms with E-state index in [9.17, 15) is 14.7 Å². The molecule has 1 heterocycles. The van der Waals surface area contributed by atoms with Crippen molar-refractivity contribution in [2.75, 3.05) is 19.1 Å². The molecule has 1 amide bonds. The molecule has 2 aliphatic rings. The highest BCUT2D eigenvalue weighted by molar-refractivity contribution is 6.00. The van der Waals surface area contributed by atoms with E-state index in [2.05, 4.69) is 4.74 Å². The van der Waals surface area contributed by atoms with Crippen molar-refractivity contribution in [3.63, 3.8) is 0 Å². The first kappa shape index (κ1) is 13.1. The van der Waals surface area contributed by atoms with Gasteiger partial charge in [0.05, 0.1) is 25.0 Å². The zero-order chi connectivity index (χ0) is 14.5. The van der Waals surface area contributed by atoms with Crippen molar-refractivity contribution in [3.8, 4) is 0 Å². The van der Waals surface area contributed by atoms with Crippen molar-refractivity contribution in [1.82, 2.24) is 0 Å². The van der Waals surface area contributed by atoms with E-state index in [-0.39, 0.29) is 18.2 Å². The van der Waals surface area contributed by atoms with E-state index in [0.717, 1.165) is 11.3 Å². The summed E-state index contributed by atoms with van der Waals surface area (Å²) < 4.78 is 4.61. The van der Waals surface area contributed by atoms with Gasteiger partial charge in [0.25, 0.3) is 0 Å². The van der Waals surface area contributed by atoms with Gasteiger partial charge in [-0.2, -0.15) is 0 Å². The third-order valence-corrected chi connectivity index (χ3v) is 4.53. The number of carbonyl (C=O) groups is 2. The van der Waals surface area contributed by atoms with Crippen LogP contribution in [0, 0.1) is 5.92 Å². The predicted molar refractivity (Wildman–Crippen MR) is 72.3 cm³/mol. The van der Waals surface area contributed by atoms with Gasteiger partial charge in [0.1, 0.15) is 0 Å². The highest BCUT2D eigenvalue weighted by Crippen LogP contribution is 2.57. The van der Waals surface area contributed by atoms with Gasteiger partial charge in [0.15, 0.2) is 0 Å². The number of para-hydroxylation sites is 1. The summed E-state index contributed by atoms with van der Waals surface area (Å²) >= 11 is 0. The number of benzene rings is 1. The Morgan fingerprint density at radius 1 is 1.50 bits per heavy atom. The molecule has 5 nitrogen and oxygen atoms in total. The average molecular weight is 275 g/mol. The van der Waals surface area contributed by atoms with Crippen molar-refractivity contribution >= 4 is 17.6 Å². The molecule has 1 fully saturated rings. The van der Waals surface area contributed by atoms with Gasteiger partial charge in [0.2, 0.25) is 5.91 Å². The van der Waals surface area contributed by atoms with Crippen LogP contribution in [0.15, 0.2) is 24.3 Å². The quantitative estimate of drug-likeness (QED) is 0.820. The van der Waals surface area contributed by atoms with Crippen LogP contribution in [0.5, 0.6) is 0 Å². The highest BCUT2D eigenvalue weighted by Gasteiger charge is 2.61. The van der Waals surface area contributed by atoms with Gasteiger partial charge in [-0.15, -0.1) is 0 Å². The highest BCUT2D eigenvalue weighted by atomic mass is 16.5. The van der Waals surface area contributed by atoms with E-state index in [1.807, 2.05) is 24.3 Å². The largest absolute Gasteiger partial charge is 0.469 e. The topological polar surface area (TPSA) is 66.8 Å². The number of nitrogens with zero attached hydrogens (tertiary/aromatic N) is 1. The standard InChI is InChI=1S/C15H17NO4/c1-16-11-6-4-3-5-9(11)10-7-15(19,8-12(17)20-2)13(10)14(16)18/h3-6,10,13,19H,7-8H2,1-2H3/t10-,13-,15+/m0/s1. The lowest BCUT2D eigenvalue weighted by Gasteiger charge is -2.54. The molecule has 1 aliphatic heterocycles. The number of methoxy groups -OCH3 is 1. The molecule has 0 radical (unpaired) electrons. The van der Waals surface area contributed by atoms with Gasteiger partial charge in [-0.05, 0) is 18.1 Å². The lowest BCUT2D eigenvalue weighted by molar-refractivity contribution is -0.168. The summed E-state index contributed by atoms with van der Waals surface area (Å²) in [4.78, 5) is 25.4.